The average molecular weight is 431 g/mol. The van der Waals surface area contributed by atoms with Gasteiger partial charge < -0.3 is 33.5 Å². The van der Waals surface area contributed by atoms with Crippen LogP contribution in [0.25, 0.3) is 0 Å². The second kappa shape index (κ2) is 13.0. The highest BCUT2D eigenvalue weighted by Crippen LogP contribution is 2.34. The van der Waals surface area contributed by atoms with Gasteiger partial charge in [-0.1, -0.05) is 45.1 Å². The molecule has 0 amide bonds. The van der Waals surface area contributed by atoms with Crippen molar-refractivity contribution in [2.24, 2.45) is 0 Å². The van der Waals surface area contributed by atoms with E-state index in [1.165, 1.54) is 31.9 Å². The summed E-state index contributed by atoms with van der Waals surface area (Å²) in [5.41, 5.74) is 0. The van der Waals surface area contributed by atoms with E-state index in [4.69, 9.17) is 28.4 Å². The molecule has 7 nitrogen and oxygen atoms in total. The van der Waals surface area contributed by atoms with Crippen LogP contribution in [0.15, 0.2) is 12.3 Å². The van der Waals surface area contributed by atoms with Gasteiger partial charge in [-0.15, -0.1) is 0 Å². The van der Waals surface area contributed by atoms with Crippen molar-refractivity contribution in [1.82, 2.24) is 0 Å². The van der Waals surface area contributed by atoms with Crippen molar-refractivity contribution < 1.29 is 33.5 Å². The number of hydrogen-bond donors (Lipinski definition) is 1. The molecule has 2 rings (SSSR count). The van der Waals surface area contributed by atoms with Crippen molar-refractivity contribution in [3.05, 3.63) is 12.3 Å². The molecule has 0 unspecified atom stereocenters. The van der Waals surface area contributed by atoms with Crippen LogP contribution in [0.1, 0.15) is 72.6 Å². The minimum Gasteiger partial charge on any atom is -0.470 e. The second-order valence-corrected chi connectivity index (χ2v) is 8.62. The van der Waals surface area contributed by atoms with E-state index in [0.29, 0.717) is 13.2 Å². The number of unbranched alkanes of at least 4 members (excludes halogenated alkanes) is 4. The molecule has 2 saturated heterocycles. The molecule has 0 aromatic carbocycles. The number of rotatable bonds is 13. The lowest BCUT2D eigenvalue weighted by Crippen LogP contribution is -2.65. The standard InChI is InChI=1S/C23H42O7/c1-6-8-9-10-11-12-17(25-5)13-15-26-21-19(24)22(27-14-7-2)29-18-16-28-23(3,4)30-20(18)21/h7,14,17-22,24H,6,8-13,15-16H2,1-5H3/b14-7+/t17-,18-,19-,20-,21-,22-/m1/s1. The summed E-state index contributed by atoms with van der Waals surface area (Å²) in [6.45, 7) is 8.61. The lowest BCUT2D eigenvalue weighted by atomic mass is 9.97. The van der Waals surface area contributed by atoms with Crippen LogP contribution in [-0.2, 0) is 28.4 Å². The molecule has 2 aliphatic heterocycles. The molecule has 0 radical (unpaired) electrons. The summed E-state index contributed by atoms with van der Waals surface area (Å²) in [5.74, 6) is -0.754. The maximum absolute atomic E-state index is 10.8. The molecule has 0 bridgehead atoms. The van der Waals surface area contributed by atoms with E-state index in [1.54, 1.807) is 13.2 Å². The molecule has 0 aromatic rings. The minimum atomic E-state index is -0.966. The highest BCUT2D eigenvalue weighted by molar-refractivity contribution is 4.95. The number of hydrogen-bond acceptors (Lipinski definition) is 7. The smallest absolute Gasteiger partial charge is 0.228 e. The average Bonchev–Trinajstić information content (AvgIpc) is 2.72. The summed E-state index contributed by atoms with van der Waals surface area (Å²) in [6.07, 6.45) is 8.30. The zero-order valence-electron chi connectivity index (χ0n) is 19.4. The van der Waals surface area contributed by atoms with Crippen LogP contribution in [0.3, 0.4) is 0 Å². The Kier molecular flexibility index (Phi) is 11.1. The van der Waals surface area contributed by atoms with Gasteiger partial charge in [-0.3, -0.25) is 0 Å². The summed E-state index contributed by atoms with van der Waals surface area (Å²) in [6, 6.07) is 0. The Morgan fingerprint density at radius 3 is 2.63 bits per heavy atom. The molecule has 0 spiro atoms. The molecular weight excluding hydrogens is 388 g/mol. The zero-order valence-corrected chi connectivity index (χ0v) is 19.4. The highest BCUT2D eigenvalue weighted by Gasteiger charge is 2.52. The maximum Gasteiger partial charge on any atom is 0.228 e. The molecule has 6 atom stereocenters. The van der Waals surface area contributed by atoms with Gasteiger partial charge in [0.05, 0.1) is 19.0 Å². The van der Waals surface area contributed by atoms with Gasteiger partial charge in [0.1, 0.15) is 24.4 Å². The van der Waals surface area contributed by atoms with Crippen molar-refractivity contribution >= 4 is 0 Å². The minimum absolute atomic E-state index is 0.154. The van der Waals surface area contributed by atoms with Crippen LogP contribution >= 0.6 is 0 Å². The largest absolute Gasteiger partial charge is 0.470 e. The van der Waals surface area contributed by atoms with E-state index in [0.717, 1.165) is 19.3 Å². The van der Waals surface area contributed by atoms with Crippen LogP contribution in [0.5, 0.6) is 0 Å². The van der Waals surface area contributed by atoms with Crippen LogP contribution < -0.4 is 0 Å². The normalized spacial score (nSPS) is 32.1. The second-order valence-electron chi connectivity index (χ2n) is 8.62. The van der Waals surface area contributed by atoms with Crippen LogP contribution in [0.4, 0.5) is 0 Å². The van der Waals surface area contributed by atoms with E-state index in [1.807, 2.05) is 20.8 Å². The Labute approximate surface area is 182 Å². The zero-order chi connectivity index (χ0) is 22.0. The number of aliphatic hydroxyl groups excluding tert-OH is 1. The van der Waals surface area contributed by atoms with E-state index in [-0.39, 0.29) is 12.2 Å². The van der Waals surface area contributed by atoms with Gasteiger partial charge in [-0.2, -0.15) is 0 Å². The van der Waals surface area contributed by atoms with Crippen molar-refractivity contribution in [3.63, 3.8) is 0 Å². The van der Waals surface area contributed by atoms with Gasteiger partial charge in [0.15, 0.2) is 5.79 Å². The molecule has 0 saturated carbocycles. The first-order chi connectivity index (χ1) is 14.4. The summed E-state index contributed by atoms with van der Waals surface area (Å²) >= 11 is 0. The fourth-order valence-corrected chi connectivity index (χ4v) is 3.97. The van der Waals surface area contributed by atoms with E-state index < -0.39 is 30.4 Å². The van der Waals surface area contributed by atoms with Crippen molar-refractivity contribution in [2.45, 2.75) is 115 Å². The third kappa shape index (κ3) is 7.77. The lowest BCUT2D eigenvalue weighted by molar-refractivity contribution is -0.381. The number of aliphatic hydroxyl groups is 1. The lowest BCUT2D eigenvalue weighted by Gasteiger charge is -2.49. The molecule has 0 aromatic heterocycles. The van der Waals surface area contributed by atoms with E-state index in [9.17, 15) is 5.11 Å². The fourth-order valence-electron chi connectivity index (χ4n) is 3.97. The Hall–Kier alpha value is -0.700. The Bertz CT molecular complexity index is 496. The first-order valence-electron chi connectivity index (χ1n) is 11.5. The molecule has 176 valence electrons. The predicted molar refractivity (Wildman–Crippen MR) is 114 cm³/mol. The molecule has 2 aliphatic rings. The van der Waals surface area contributed by atoms with Crippen LogP contribution in [0, 0.1) is 0 Å². The quantitative estimate of drug-likeness (QED) is 0.350. The monoisotopic (exact) mass is 430 g/mol. The number of ether oxygens (including phenoxy) is 6. The highest BCUT2D eigenvalue weighted by atomic mass is 16.8. The summed E-state index contributed by atoms with van der Waals surface area (Å²) < 4.78 is 35.0. The van der Waals surface area contributed by atoms with Crippen LogP contribution in [0.2, 0.25) is 0 Å². The Balaban J connectivity index is 1.90. The van der Waals surface area contributed by atoms with Crippen molar-refractivity contribution in [3.8, 4) is 0 Å². The Morgan fingerprint density at radius 2 is 1.93 bits per heavy atom. The van der Waals surface area contributed by atoms with Crippen LogP contribution in [-0.4, -0.2) is 68.0 Å². The summed E-state index contributed by atoms with van der Waals surface area (Å²) in [5, 5.41) is 10.8. The molecule has 30 heavy (non-hydrogen) atoms. The predicted octanol–water partition coefficient (Wildman–Crippen LogP) is 3.92. The Morgan fingerprint density at radius 1 is 1.17 bits per heavy atom. The van der Waals surface area contributed by atoms with Gasteiger partial charge in [0, 0.05) is 13.7 Å². The fraction of sp³-hybridized carbons (Fsp3) is 0.913. The third-order valence-electron chi connectivity index (χ3n) is 5.69. The number of methoxy groups -OCH3 is 1. The van der Waals surface area contributed by atoms with E-state index in [2.05, 4.69) is 6.92 Å². The van der Waals surface area contributed by atoms with Crippen molar-refractivity contribution in [1.29, 1.82) is 0 Å². The summed E-state index contributed by atoms with van der Waals surface area (Å²) in [4.78, 5) is 0. The topological polar surface area (TPSA) is 75.6 Å². The number of allylic oxidation sites excluding steroid dienone is 1. The molecule has 2 heterocycles. The molecular formula is C23H42O7. The van der Waals surface area contributed by atoms with Crippen molar-refractivity contribution in [2.75, 3.05) is 20.3 Å². The molecule has 2 fully saturated rings. The number of fused-ring (bicyclic) bond motifs is 1. The van der Waals surface area contributed by atoms with Gasteiger partial charge in [-0.05, 0) is 33.6 Å². The van der Waals surface area contributed by atoms with E-state index >= 15 is 0 Å². The first kappa shape index (κ1) is 25.6. The van der Waals surface area contributed by atoms with Gasteiger partial charge in [0.25, 0.3) is 0 Å². The summed E-state index contributed by atoms with van der Waals surface area (Å²) in [7, 11) is 1.75. The van der Waals surface area contributed by atoms with Gasteiger partial charge in [-0.25, -0.2) is 0 Å². The maximum atomic E-state index is 10.8. The molecule has 1 N–H and O–H groups in total. The third-order valence-corrected chi connectivity index (χ3v) is 5.69. The SMILES string of the molecule is C/C=C/O[C@@H]1O[C@@H]2COC(C)(C)O[C@H]2[C@H](OCC[C@@H](CCCCCCC)OC)[C@H]1O. The van der Waals surface area contributed by atoms with Gasteiger partial charge >= 0.3 is 0 Å². The molecule has 0 aliphatic carbocycles. The molecule has 7 heteroatoms. The van der Waals surface area contributed by atoms with Gasteiger partial charge in [0.2, 0.25) is 6.29 Å². The first-order valence-corrected chi connectivity index (χ1v) is 11.5.